The summed E-state index contributed by atoms with van der Waals surface area (Å²) < 4.78 is 12.0. The van der Waals surface area contributed by atoms with Crippen molar-refractivity contribution in [3.05, 3.63) is 0 Å². The average Bonchev–Trinajstić information content (AvgIpc) is 2.55. The van der Waals surface area contributed by atoms with E-state index in [1.54, 1.807) is 0 Å². The summed E-state index contributed by atoms with van der Waals surface area (Å²) in [6.45, 7) is 2.56. The lowest BCUT2D eigenvalue weighted by Crippen LogP contribution is -2.34. The molecule has 0 saturated heterocycles. The van der Waals surface area contributed by atoms with Gasteiger partial charge in [0.2, 0.25) is 0 Å². The molecule has 3 saturated carbocycles. The third-order valence-corrected chi connectivity index (χ3v) is 6.99. The molecule has 4 unspecified atom stereocenters. The Balaban J connectivity index is 1.25. The highest BCUT2D eigenvalue weighted by Gasteiger charge is 2.35. The van der Waals surface area contributed by atoms with E-state index < -0.39 is 0 Å². The molecule has 0 N–H and O–H groups in total. The Kier molecular flexibility index (Phi) is 7.07. The van der Waals surface area contributed by atoms with E-state index >= 15 is 0 Å². The zero-order valence-corrected chi connectivity index (χ0v) is 15.6. The maximum absolute atomic E-state index is 6.11. The standard InChI is InChI=1S/C19H33BrO2/c20-18-8-6-17-13-19(9-7-16(17)12-18)22-11-10-21-14-15-4-2-1-3-5-15/h15-19H,1-14H2. The maximum Gasteiger partial charge on any atom is 0.0704 e. The number of alkyl halides is 1. The first-order valence-corrected chi connectivity index (χ1v) is 10.6. The molecular formula is C19H33BrO2. The summed E-state index contributed by atoms with van der Waals surface area (Å²) in [5.74, 6) is 2.71. The summed E-state index contributed by atoms with van der Waals surface area (Å²) in [5.41, 5.74) is 0. The molecule has 4 atom stereocenters. The van der Waals surface area contributed by atoms with E-state index in [4.69, 9.17) is 9.47 Å². The van der Waals surface area contributed by atoms with Crippen molar-refractivity contribution in [2.45, 2.75) is 81.6 Å². The van der Waals surface area contributed by atoms with Gasteiger partial charge in [0.05, 0.1) is 19.3 Å². The Labute approximate surface area is 144 Å². The predicted octanol–water partition coefficient (Wildman–Crippen LogP) is 5.33. The fourth-order valence-corrected chi connectivity index (χ4v) is 5.56. The van der Waals surface area contributed by atoms with Crippen molar-refractivity contribution in [3.8, 4) is 0 Å². The molecule has 0 aliphatic heterocycles. The topological polar surface area (TPSA) is 18.5 Å². The molecule has 128 valence electrons. The molecule has 3 aliphatic rings. The zero-order chi connectivity index (χ0) is 15.2. The van der Waals surface area contributed by atoms with Crippen LogP contribution in [0.2, 0.25) is 0 Å². The van der Waals surface area contributed by atoms with Crippen LogP contribution in [0.3, 0.4) is 0 Å². The van der Waals surface area contributed by atoms with E-state index in [0.717, 1.165) is 42.4 Å². The van der Waals surface area contributed by atoms with Crippen molar-refractivity contribution in [1.82, 2.24) is 0 Å². The van der Waals surface area contributed by atoms with Gasteiger partial charge in [-0.05, 0) is 69.1 Å². The highest BCUT2D eigenvalue weighted by molar-refractivity contribution is 9.09. The maximum atomic E-state index is 6.11. The number of hydrogen-bond acceptors (Lipinski definition) is 2. The monoisotopic (exact) mass is 372 g/mol. The first-order valence-electron chi connectivity index (χ1n) is 9.64. The van der Waals surface area contributed by atoms with E-state index in [-0.39, 0.29) is 0 Å². The van der Waals surface area contributed by atoms with Crippen LogP contribution >= 0.6 is 15.9 Å². The Morgan fingerprint density at radius 1 is 0.773 bits per heavy atom. The van der Waals surface area contributed by atoms with E-state index in [1.165, 1.54) is 70.6 Å². The first-order chi connectivity index (χ1) is 10.8. The first kappa shape index (κ1) is 17.2. The third-order valence-electron chi connectivity index (χ3n) is 6.16. The van der Waals surface area contributed by atoms with E-state index in [2.05, 4.69) is 15.9 Å². The summed E-state index contributed by atoms with van der Waals surface area (Å²) in [4.78, 5) is 0.777. The lowest BCUT2D eigenvalue weighted by molar-refractivity contribution is -0.0407. The van der Waals surface area contributed by atoms with Gasteiger partial charge in [-0.1, -0.05) is 35.2 Å². The van der Waals surface area contributed by atoms with Gasteiger partial charge in [0, 0.05) is 11.4 Å². The normalized spacial score (nSPS) is 37.0. The van der Waals surface area contributed by atoms with Crippen LogP contribution < -0.4 is 0 Å². The van der Waals surface area contributed by atoms with Crippen molar-refractivity contribution in [1.29, 1.82) is 0 Å². The lowest BCUT2D eigenvalue weighted by Gasteiger charge is -2.40. The zero-order valence-electron chi connectivity index (χ0n) is 14.0. The summed E-state index contributed by atoms with van der Waals surface area (Å²) in [5, 5.41) is 0. The van der Waals surface area contributed by atoms with Gasteiger partial charge in [0.25, 0.3) is 0 Å². The van der Waals surface area contributed by atoms with E-state index in [0.29, 0.717) is 6.10 Å². The van der Waals surface area contributed by atoms with Crippen molar-refractivity contribution >= 4 is 15.9 Å². The summed E-state index contributed by atoms with van der Waals surface area (Å²) >= 11 is 3.81. The van der Waals surface area contributed by atoms with Crippen LogP contribution in [0.25, 0.3) is 0 Å². The molecule has 0 bridgehead atoms. The summed E-state index contributed by atoms with van der Waals surface area (Å²) in [7, 11) is 0. The highest BCUT2D eigenvalue weighted by Crippen LogP contribution is 2.43. The molecule has 3 heteroatoms. The smallest absolute Gasteiger partial charge is 0.0704 e. The van der Waals surface area contributed by atoms with Crippen LogP contribution in [-0.2, 0) is 9.47 Å². The second-order valence-electron chi connectivity index (χ2n) is 7.82. The number of fused-ring (bicyclic) bond motifs is 1. The second kappa shape index (κ2) is 9.03. The van der Waals surface area contributed by atoms with E-state index in [9.17, 15) is 0 Å². The van der Waals surface area contributed by atoms with Gasteiger partial charge in [-0.2, -0.15) is 0 Å². The van der Waals surface area contributed by atoms with Gasteiger partial charge in [-0.15, -0.1) is 0 Å². The predicted molar refractivity (Wildman–Crippen MR) is 94.5 cm³/mol. The van der Waals surface area contributed by atoms with Crippen molar-refractivity contribution in [3.63, 3.8) is 0 Å². The number of rotatable bonds is 6. The van der Waals surface area contributed by atoms with Crippen LogP contribution in [0.15, 0.2) is 0 Å². The molecule has 0 aromatic rings. The Morgan fingerprint density at radius 3 is 2.41 bits per heavy atom. The van der Waals surface area contributed by atoms with Gasteiger partial charge in [0.15, 0.2) is 0 Å². The molecular weight excluding hydrogens is 340 g/mol. The minimum Gasteiger partial charge on any atom is -0.379 e. The van der Waals surface area contributed by atoms with Crippen molar-refractivity contribution < 1.29 is 9.47 Å². The highest BCUT2D eigenvalue weighted by atomic mass is 79.9. The third kappa shape index (κ3) is 5.21. The molecule has 0 spiro atoms. The molecule has 0 amide bonds. The molecule has 0 radical (unpaired) electrons. The Morgan fingerprint density at radius 2 is 1.55 bits per heavy atom. The second-order valence-corrected chi connectivity index (χ2v) is 9.11. The van der Waals surface area contributed by atoms with Crippen molar-refractivity contribution in [2.24, 2.45) is 17.8 Å². The quantitative estimate of drug-likeness (QED) is 0.463. The number of hydrogen-bond donors (Lipinski definition) is 0. The van der Waals surface area contributed by atoms with Crippen LogP contribution in [-0.4, -0.2) is 30.8 Å². The van der Waals surface area contributed by atoms with Crippen molar-refractivity contribution in [2.75, 3.05) is 19.8 Å². The Bertz CT molecular complexity index is 317. The molecule has 0 heterocycles. The lowest BCUT2D eigenvalue weighted by atomic mass is 9.70. The Hall–Kier alpha value is 0.400. The minimum absolute atomic E-state index is 0.506. The molecule has 3 aliphatic carbocycles. The van der Waals surface area contributed by atoms with Gasteiger partial charge in [0.1, 0.15) is 0 Å². The fourth-order valence-electron chi connectivity index (χ4n) is 4.82. The summed E-state index contributed by atoms with van der Waals surface area (Å²) in [6.07, 6.45) is 15.6. The van der Waals surface area contributed by atoms with Gasteiger partial charge in [-0.25, -0.2) is 0 Å². The van der Waals surface area contributed by atoms with Crippen LogP contribution in [0.4, 0.5) is 0 Å². The molecule has 22 heavy (non-hydrogen) atoms. The largest absolute Gasteiger partial charge is 0.379 e. The SMILES string of the molecule is BrC1CCC2CC(OCCOCC3CCCCC3)CCC2C1. The summed E-state index contributed by atoms with van der Waals surface area (Å²) in [6, 6.07) is 0. The van der Waals surface area contributed by atoms with Gasteiger partial charge >= 0.3 is 0 Å². The molecule has 2 nitrogen and oxygen atoms in total. The molecule has 3 rings (SSSR count). The van der Waals surface area contributed by atoms with Crippen LogP contribution in [0.5, 0.6) is 0 Å². The molecule has 0 aromatic carbocycles. The molecule has 0 aromatic heterocycles. The minimum atomic E-state index is 0.506. The number of halogens is 1. The van der Waals surface area contributed by atoms with Crippen LogP contribution in [0.1, 0.15) is 70.6 Å². The number of ether oxygens (including phenoxy) is 2. The average molecular weight is 373 g/mol. The van der Waals surface area contributed by atoms with Gasteiger partial charge in [-0.3, -0.25) is 0 Å². The molecule has 3 fully saturated rings. The van der Waals surface area contributed by atoms with Gasteiger partial charge < -0.3 is 9.47 Å². The van der Waals surface area contributed by atoms with E-state index in [1.807, 2.05) is 0 Å². The van der Waals surface area contributed by atoms with Crippen LogP contribution in [0, 0.1) is 17.8 Å². The fraction of sp³-hybridized carbons (Fsp3) is 1.00.